The fourth-order valence-corrected chi connectivity index (χ4v) is 6.45. The molecule has 2 aromatic heterocycles. The minimum absolute atomic E-state index is 0.0970. The Labute approximate surface area is 202 Å². The van der Waals surface area contributed by atoms with E-state index in [0.717, 1.165) is 16.9 Å². The highest BCUT2D eigenvalue weighted by Gasteiger charge is 2.30. The molecule has 8 nitrogen and oxygen atoms in total. The van der Waals surface area contributed by atoms with Crippen LogP contribution < -0.4 is 9.62 Å². The maximum absolute atomic E-state index is 13.1. The van der Waals surface area contributed by atoms with E-state index in [0.29, 0.717) is 32.9 Å². The molecule has 1 aliphatic heterocycles. The number of halogens is 2. The molecule has 0 atom stereocenters. The van der Waals surface area contributed by atoms with Crippen molar-refractivity contribution in [3.8, 4) is 11.5 Å². The number of sulfonamides is 1. The van der Waals surface area contributed by atoms with E-state index < -0.39 is 15.9 Å². The molecule has 0 fully saturated rings. The fourth-order valence-electron chi connectivity index (χ4n) is 3.50. The molecule has 0 radical (unpaired) electrons. The number of hydrogen-bond acceptors (Lipinski definition) is 7. The van der Waals surface area contributed by atoms with Crippen LogP contribution >= 0.6 is 34.5 Å². The quantitative estimate of drug-likeness (QED) is 0.392. The smallest absolute Gasteiger partial charge is 0.322 e. The van der Waals surface area contributed by atoms with Crippen molar-refractivity contribution in [1.82, 2.24) is 10.2 Å². The summed E-state index contributed by atoms with van der Waals surface area (Å²) in [5.74, 6) is -0.416. The van der Waals surface area contributed by atoms with Gasteiger partial charge in [0.05, 0.1) is 20.5 Å². The average molecular weight is 521 g/mol. The molecule has 0 bridgehead atoms. The van der Waals surface area contributed by atoms with E-state index in [9.17, 15) is 13.2 Å². The second-order valence-electron chi connectivity index (χ2n) is 7.08. The van der Waals surface area contributed by atoms with Crippen molar-refractivity contribution < 1.29 is 17.6 Å². The van der Waals surface area contributed by atoms with Crippen LogP contribution in [0.5, 0.6) is 0 Å². The van der Waals surface area contributed by atoms with E-state index in [-0.39, 0.29) is 22.4 Å². The highest BCUT2D eigenvalue weighted by atomic mass is 35.5. The molecule has 2 aromatic carbocycles. The van der Waals surface area contributed by atoms with Crippen LogP contribution in [0, 0.1) is 0 Å². The molecule has 0 saturated carbocycles. The highest BCUT2D eigenvalue weighted by molar-refractivity contribution is 7.92. The van der Waals surface area contributed by atoms with E-state index in [4.69, 9.17) is 27.6 Å². The first-order valence-corrected chi connectivity index (χ1v) is 12.6. The maximum atomic E-state index is 13.1. The SMILES string of the molecule is O=C(Nc1nnc(-c2cc(Cl)sc2Cl)o1)c1ccc(S(=O)(=O)N2CCc3ccccc32)cc1. The number of para-hydroxylation sites is 1. The van der Waals surface area contributed by atoms with E-state index >= 15 is 0 Å². The molecule has 5 rings (SSSR count). The van der Waals surface area contributed by atoms with Crippen LogP contribution in [-0.2, 0) is 16.4 Å². The summed E-state index contributed by atoms with van der Waals surface area (Å²) in [6, 6.07) is 14.5. The number of nitrogens with one attached hydrogen (secondary N) is 1. The van der Waals surface area contributed by atoms with Gasteiger partial charge in [0.25, 0.3) is 21.8 Å². The zero-order valence-corrected chi connectivity index (χ0v) is 19.8. The summed E-state index contributed by atoms with van der Waals surface area (Å²) in [4.78, 5) is 12.7. The second kappa shape index (κ2) is 8.45. The molecule has 12 heteroatoms. The number of anilines is 2. The third-order valence-electron chi connectivity index (χ3n) is 5.08. The van der Waals surface area contributed by atoms with Crippen LogP contribution in [0.1, 0.15) is 15.9 Å². The Balaban J connectivity index is 1.32. The van der Waals surface area contributed by atoms with Crippen LogP contribution in [0.25, 0.3) is 11.5 Å². The first-order chi connectivity index (χ1) is 15.8. The van der Waals surface area contributed by atoms with Gasteiger partial charge in [-0.25, -0.2) is 8.42 Å². The van der Waals surface area contributed by atoms with E-state index in [1.807, 2.05) is 18.2 Å². The van der Waals surface area contributed by atoms with Gasteiger partial charge < -0.3 is 4.42 Å². The molecular weight excluding hydrogens is 507 g/mol. The van der Waals surface area contributed by atoms with E-state index in [2.05, 4.69) is 15.5 Å². The summed E-state index contributed by atoms with van der Waals surface area (Å²) >= 11 is 13.2. The van der Waals surface area contributed by atoms with Crippen molar-refractivity contribution in [2.24, 2.45) is 0 Å². The normalized spacial score (nSPS) is 13.2. The number of thiophene rings is 1. The van der Waals surface area contributed by atoms with Gasteiger partial charge >= 0.3 is 6.01 Å². The predicted molar refractivity (Wildman–Crippen MR) is 127 cm³/mol. The molecule has 0 unspecified atom stereocenters. The van der Waals surface area contributed by atoms with E-state index in [1.54, 1.807) is 12.1 Å². The fraction of sp³-hybridized carbons (Fsp3) is 0.0952. The largest absolute Gasteiger partial charge is 0.403 e. The lowest BCUT2D eigenvalue weighted by molar-refractivity contribution is 0.102. The zero-order valence-electron chi connectivity index (χ0n) is 16.7. The van der Waals surface area contributed by atoms with Crippen molar-refractivity contribution in [3.05, 3.63) is 74.4 Å². The summed E-state index contributed by atoms with van der Waals surface area (Å²) in [5, 5.41) is 10.1. The summed E-state index contributed by atoms with van der Waals surface area (Å²) in [6.07, 6.45) is 0.658. The van der Waals surface area contributed by atoms with Gasteiger partial charge in [0.1, 0.15) is 4.34 Å². The molecule has 0 saturated heterocycles. The van der Waals surface area contributed by atoms with Crippen LogP contribution in [0.3, 0.4) is 0 Å². The number of fused-ring (bicyclic) bond motifs is 1. The Morgan fingerprint density at radius 2 is 1.85 bits per heavy atom. The van der Waals surface area contributed by atoms with Gasteiger partial charge in [0.2, 0.25) is 0 Å². The number of aromatic nitrogens is 2. The van der Waals surface area contributed by atoms with Crippen molar-refractivity contribution in [3.63, 3.8) is 0 Å². The van der Waals surface area contributed by atoms with Crippen LogP contribution in [0.2, 0.25) is 8.67 Å². The van der Waals surface area contributed by atoms with Crippen LogP contribution in [0.4, 0.5) is 11.7 Å². The van der Waals surface area contributed by atoms with Gasteiger partial charge in [0.15, 0.2) is 0 Å². The number of carbonyl (C=O) groups is 1. The number of carbonyl (C=O) groups excluding carboxylic acids is 1. The lowest BCUT2D eigenvalue weighted by Gasteiger charge is -2.19. The number of amides is 1. The minimum Gasteiger partial charge on any atom is -0.403 e. The lowest BCUT2D eigenvalue weighted by Crippen LogP contribution is -2.29. The molecule has 168 valence electrons. The first kappa shape index (κ1) is 21.9. The van der Waals surface area contributed by atoms with Crippen molar-refractivity contribution in [2.75, 3.05) is 16.2 Å². The van der Waals surface area contributed by atoms with Gasteiger partial charge in [0, 0.05) is 12.1 Å². The number of nitrogens with zero attached hydrogens (tertiary/aromatic N) is 3. The molecule has 1 amide bonds. The lowest BCUT2D eigenvalue weighted by atomic mass is 10.2. The van der Waals surface area contributed by atoms with Gasteiger partial charge in [-0.3, -0.25) is 14.4 Å². The van der Waals surface area contributed by atoms with E-state index in [1.165, 1.54) is 28.6 Å². The van der Waals surface area contributed by atoms with Gasteiger partial charge in [-0.05, 0) is 48.4 Å². The monoisotopic (exact) mass is 520 g/mol. The third kappa shape index (κ3) is 4.10. The Morgan fingerprint density at radius 1 is 1.09 bits per heavy atom. The summed E-state index contributed by atoms with van der Waals surface area (Å²) in [5.41, 5.74) is 2.37. The van der Waals surface area contributed by atoms with Gasteiger partial charge in [-0.2, -0.15) is 0 Å². The minimum atomic E-state index is -3.74. The molecule has 33 heavy (non-hydrogen) atoms. The maximum Gasteiger partial charge on any atom is 0.322 e. The van der Waals surface area contributed by atoms with Crippen LogP contribution in [-0.4, -0.2) is 31.1 Å². The number of hydrogen-bond donors (Lipinski definition) is 1. The highest BCUT2D eigenvalue weighted by Crippen LogP contribution is 2.38. The second-order valence-corrected chi connectivity index (χ2v) is 11.2. The molecule has 4 aromatic rings. The Morgan fingerprint density at radius 3 is 2.58 bits per heavy atom. The summed E-state index contributed by atoms with van der Waals surface area (Å²) < 4.78 is 33.9. The molecule has 1 aliphatic rings. The van der Waals surface area contributed by atoms with Crippen molar-refractivity contribution >= 4 is 62.2 Å². The third-order valence-corrected chi connectivity index (χ3v) is 8.40. The molecule has 0 spiro atoms. The van der Waals surface area contributed by atoms with Gasteiger partial charge in [-0.1, -0.05) is 46.5 Å². The molecular formula is C21H14Cl2N4O4S2. The Hall–Kier alpha value is -2.92. The Kier molecular flexibility index (Phi) is 5.61. The van der Waals surface area contributed by atoms with Crippen molar-refractivity contribution in [2.45, 2.75) is 11.3 Å². The molecule has 0 aliphatic carbocycles. The summed E-state index contributed by atoms with van der Waals surface area (Å²) in [6.45, 7) is 0.378. The first-order valence-electron chi connectivity index (χ1n) is 9.64. The van der Waals surface area contributed by atoms with Gasteiger partial charge in [-0.15, -0.1) is 16.4 Å². The standard InChI is InChI=1S/C21H14Cl2N4O4S2/c22-17-11-15(18(23)32-17)20-25-26-21(31-20)24-19(28)13-5-7-14(8-6-13)33(29,30)27-10-9-12-3-1-2-4-16(12)27/h1-8,11H,9-10H2,(H,24,26,28). The number of rotatable bonds is 5. The molecule has 1 N–H and O–H groups in total. The van der Waals surface area contributed by atoms with Crippen molar-refractivity contribution in [1.29, 1.82) is 0 Å². The predicted octanol–water partition coefficient (Wildman–Crippen LogP) is 5.11. The number of benzene rings is 2. The Bertz CT molecular complexity index is 1470. The molecule has 3 heterocycles. The average Bonchev–Trinajstić information content (AvgIpc) is 3.52. The summed E-state index contributed by atoms with van der Waals surface area (Å²) in [7, 11) is -3.74. The zero-order chi connectivity index (χ0) is 23.2. The van der Waals surface area contributed by atoms with Crippen LogP contribution in [0.15, 0.2) is 63.9 Å². The topological polar surface area (TPSA) is 105 Å².